The molecular formula is C52H37N3. The van der Waals surface area contributed by atoms with Gasteiger partial charge in [0, 0.05) is 17.7 Å². The maximum absolute atomic E-state index is 3.97. The third-order valence-corrected chi connectivity index (χ3v) is 12.2. The van der Waals surface area contributed by atoms with Crippen molar-refractivity contribution in [2.75, 3.05) is 11.4 Å². The number of para-hydroxylation sites is 1. The standard InChI is InChI=1S/C52H37N3/c1-2-18-40-39(17-1)42-21-8-20-41-38(26-27-43(40)49(41)42)36-15-6-13-34(30-36)32-11-5-12-33(29-32)35-14-7-16-37(31-35)52-54-47-24-9-22-45-44-23-10-28-53-50(44)46-19-3-4-25-48(46)55(52)51(45)47/h1-8,10-21,23-27,29-31,52-54H,9,22,28H2. The Balaban J connectivity index is 0.915. The highest BCUT2D eigenvalue weighted by Crippen LogP contribution is 2.51. The minimum absolute atomic E-state index is 0.0220. The summed E-state index contributed by atoms with van der Waals surface area (Å²) in [4.78, 5) is 2.56. The average molecular weight is 704 g/mol. The monoisotopic (exact) mass is 703 g/mol. The van der Waals surface area contributed by atoms with Crippen LogP contribution in [0.15, 0.2) is 192 Å². The number of nitrogens with one attached hydrogen (secondary N) is 2. The number of fused-ring (bicyclic) bond motifs is 7. The second-order valence-corrected chi connectivity index (χ2v) is 15.2. The average Bonchev–Trinajstić information content (AvgIpc) is 3.77. The van der Waals surface area contributed by atoms with Crippen molar-refractivity contribution >= 4 is 22.2 Å². The van der Waals surface area contributed by atoms with Gasteiger partial charge in [-0.2, -0.15) is 0 Å². The first-order chi connectivity index (χ1) is 27.3. The number of hydrogen-bond acceptors (Lipinski definition) is 3. The molecule has 12 rings (SSSR count). The number of nitrogens with zero attached hydrogens (tertiary/aromatic N) is 1. The summed E-state index contributed by atoms with van der Waals surface area (Å²) in [5.74, 6) is 0. The van der Waals surface area contributed by atoms with E-state index in [2.05, 4.69) is 185 Å². The minimum atomic E-state index is -0.0220. The first kappa shape index (κ1) is 30.6. The fraction of sp³-hybridized carbons (Fsp3) is 0.0769. The lowest BCUT2D eigenvalue weighted by atomic mass is 9.90. The number of dihydropyridines is 1. The fourth-order valence-corrected chi connectivity index (χ4v) is 9.83. The Hall–Kier alpha value is -6.84. The van der Waals surface area contributed by atoms with Crippen LogP contribution in [0.25, 0.3) is 72.1 Å². The topological polar surface area (TPSA) is 27.3 Å². The summed E-state index contributed by atoms with van der Waals surface area (Å²) >= 11 is 0. The van der Waals surface area contributed by atoms with E-state index in [9.17, 15) is 0 Å². The number of anilines is 1. The molecule has 0 aromatic heterocycles. The molecule has 3 heteroatoms. The number of rotatable bonds is 4. The summed E-state index contributed by atoms with van der Waals surface area (Å²) in [6.45, 7) is 0.853. The molecule has 2 N–H and O–H groups in total. The number of hydrogen-bond donors (Lipinski definition) is 2. The summed E-state index contributed by atoms with van der Waals surface area (Å²) in [7, 11) is 0. The van der Waals surface area contributed by atoms with E-state index in [1.165, 1.54) is 111 Å². The highest BCUT2D eigenvalue weighted by Gasteiger charge is 2.41. The maximum atomic E-state index is 3.97. The van der Waals surface area contributed by atoms with Crippen LogP contribution in [0.3, 0.4) is 0 Å². The highest BCUT2D eigenvalue weighted by molar-refractivity contribution is 6.18. The summed E-state index contributed by atoms with van der Waals surface area (Å²) < 4.78 is 0. The summed E-state index contributed by atoms with van der Waals surface area (Å²) in [5, 5.41) is 10.4. The predicted molar refractivity (Wildman–Crippen MR) is 228 cm³/mol. The van der Waals surface area contributed by atoms with Gasteiger partial charge in [-0.15, -0.1) is 0 Å². The first-order valence-electron chi connectivity index (χ1n) is 19.5. The van der Waals surface area contributed by atoms with Gasteiger partial charge in [-0.05, 0) is 115 Å². The number of benzene rings is 7. The second-order valence-electron chi connectivity index (χ2n) is 15.2. The molecule has 0 amide bonds. The van der Waals surface area contributed by atoms with Gasteiger partial charge in [0.05, 0.1) is 22.8 Å². The molecule has 3 nitrogen and oxygen atoms in total. The van der Waals surface area contributed by atoms with Gasteiger partial charge in [0.1, 0.15) is 6.17 Å². The van der Waals surface area contributed by atoms with E-state index in [0.29, 0.717) is 0 Å². The van der Waals surface area contributed by atoms with Gasteiger partial charge in [0.2, 0.25) is 0 Å². The van der Waals surface area contributed by atoms with E-state index in [4.69, 9.17) is 0 Å². The third kappa shape index (κ3) is 4.56. The van der Waals surface area contributed by atoms with Crippen molar-refractivity contribution in [3.63, 3.8) is 0 Å². The summed E-state index contributed by atoms with van der Waals surface area (Å²) in [5.41, 5.74) is 23.0. The molecule has 3 heterocycles. The van der Waals surface area contributed by atoms with Crippen molar-refractivity contribution in [2.24, 2.45) is 0 Å². The third-order valence-electron chi connectivity index (χ3n) is 12.2. The minimum Gasteiger partial charge on any atom is -0.381 e. The molecule has 1 unspecified atom stereocenters. The zero-order valence-electron chi connectivity index (χ0n) is 30.3. The highest BCUT2D eigenvalue weighted by atomic mass is 15.4. The Labute approximate surface area is 321 Å². The Bertz CT molecular complexity index is 2890. The van der Waals surface area contributed by atoms with Crippen molar-refractivity contribution < 1.29 is 0 Å². The van der Waals surface area contributed by atoms with Crippen molar-refractivity contribution in [2.45, 2.75) is 19.0 Å². The van der Waals surface area contributed by atoms with Crippen LogP contribution in [-0.4, -0.2) is 6.54 Å². The van der Waals surface area contributed by atoms with Crippen LogP contribution in [-0.2, 0) is 0 Å². The van der Waals surface area contributed by atoms with Gasteiger partial charge in [0.15, 0.2) is 0 Å². The molecular weight excluding hydrogens is 667 g/mol. The van der Waals surface area contributed by atoms with Crippen LogP contribution in [0, 0.1) is 0 Å². The molecule has 7 aromatic carbocycles. The zero-order valence-corrected chi connectivity index (χ0v) is 30.3. The maximum Gasteiger partial charge on any atom is 0.130 e. The van der Waals surface area contributed by atoms with Gasteiger partial charge in [-0.25, -0.2) is 0 Å². The molecule has 0 bridgehead atoms. The number of allylic oxidation sites excluding steroid dienone is 4. The molecule has 0 radical (unpaired) electrons. The molecule has 0 saturated carbocycles. The van der Waals surface area contributed by atoms with E-state index >= 15 is 0 Å². The Morgan fingerprint density at radius 3 is 2.00 bits per heavy atom. The van der Waals surface area contributed by atoms with E-state index in [-0.39, 0.29) is 6.17 Å². The molecule has 1 fully saturated rings. The lowest BCUT2D eigenvalue weighted by Crippen LogP contribution is -2.27. The normalized spacial score (nSPS) is 17.2. The van der Waals surface area contributed by atoms with Crippen LogP contribution >= 0.6 is 0 Å². The summed E-state index contributed by atoms with van der Waals surface area (Å²) in [6.07, 6.45) is 9.03. The molecule has 5 aliphatic rings. The van der Waals surface area contributed by atoms with E-state index in [0.717, 1.165) is 19.4 Å². The van der Waals surface area contributed by atoms with E-state index in [1.807, 2.05) is 0 Å². The van der Waals surface area contributed by atoms with Gasteiger partial charge in [0.25, 0.3) is 0 Å². The smallest absolute Gasteiger partial charge is 0.130 e. The molecule has 3 aliphatic heterocycles. The molecule has 260 valence electrons. The lowest BCUT2D eigenvalue weighted by molar-refractivity contribution is 0.669. The van der Waals surface area contributed by atoms with Crippen molar-refractivity contribution in [3.8, 4) is 55.6 Å². The molecule has 2 aliphatic carbocycles. The Morgan fingerprint density at radius 1 is 0.545 bits per heavy atom. The molecule has 1 atom stereocenters. The van der Waals surface area contributed by atoms with Crippen LogP contribution in [0.5, 0.6) is 0 Å². The van der Waals surface area contributed by atoms with Crippen molar-refractivity contribution in [1.82, 2.24) is 10.6 Å². The molecule has 7 aromatic rings. The van der Waals surface area contributed by atoms with Gasteiger partial charge < -0.3 is 15.5 Å². The van der Waals surface area contributed by atoms with Gasteiger partial charge in [-0.1, -0.05) is 146 Å². The van der Waals surface area contributed by atoms with Crippen LogP contribution in [0.4, 0.5) is 5.69 Å². The van der Waals surface area contributed by atoms with Crippen LogP contribution < -0.4 is 15.5 Å². The molecule has 55 heavy (non-hydrogen) atoms. The predicted octanol–water partition coefficient (Wildman–Crippen LogP) is 12.4. The molecule has 1 saturated heterocycles. The second kappa shape index (κ2) is 11.8. The SMILES string of the molecule is C1=CC2=C(NC1)c1ccccc1N1C3=C2CCC=C3NC1c1cccc(-c2cccc(-c3cccc(-c4ccc5c6c(cccc46)-c4ccccc4-5)c3)c2)c1. The largest absolute Gasteiger partial charge is 0.381 e. The van der Waals surface area contributed by atoms with Crippen molar-refractivity contribution in [3.05, 3.63) is 204 Å². The van der Waals surface area contributed by atoms with Gasteiger partial charge in [-0.3, -0.25) is 0 Å². The quantitative estimate of drug-likeness (QED) is 0.191. The first-order valence-corrected chi connectivity index (χ1v) is 19.5. The zero-order chi connectivity index (χ0) is 36.0. The van der Waals surface area contributed by atoms with E-state index in [1.54, 1.807) is 0 Å². The Kier molecular flexibility index (Phi) is 6.58. The van der Waals surface area contributed by atoms with Crippen LogP contribution in [0.1, 0.15) is 30.1 Å². The Morgan fingerprint density at radius 2 is 1.18 bits per heavy atom. The van der Waals surface area contributed by atoms with Crippen molar-refractivity contribution in [1.29, 1.82) is 0 Å². The van der Waals surface area contributed by atoms with Gasteiger partial charge >= 0.3 is 0 Å². The van der Waals surface area contributed by atoms with E-state index < -0.39 is 0 Å². The van der Waals surface area contributed by atoms with Crippen LogP contribution in [0.2, 0.25) is 0 Å². The lowest BCUT2D eigenvalue weighted by Gasteiger charge is -2.29. The fourth-order valence-electron chi connectivity index (χ4n) is 9.83. The summed E-state index contributed by atoms with van der Waals surface area (Å²) in [6, 6.07) is 56.3. The molecule has 0 spiro atoms.